The Morgan fingerprint density at radius 1 is 1.23 bits per heavy atom. The van der Waals surface area contributed by atoms with E-state index in [9.17, 15) is 21.4 Å². The van der Waals surface area contributed by atoms with Crippen LogP contribution >= 0.6 is 0 Å². The predicted molar refractivity (Wildman–Crippen MR) is 81.4 cm³/mol. The van der Waals surface area contributed by atoms with E-state index in [4.69, 9.17) is 4.74 Å². The van der Waals surface area contributed by atoms with Crippen molar-refractivity contribution in [1.82, 2.24) is 0 Å². The van der Waals surface area contributed by atoms with E-state index in [-0.39, 0.29) is 11.7 Å². The average molecular weight is 335 g/mol. The van der Waals surface area contributed by atoms with Crippen molar-refractivity contribution in [2.24, 2.45) is 0 Å². The zero-order chi connectivity index (χ0) is 16.5. The minimum Gasteiger partial charge on any atom is -0.490 e. The monoisotopic (exact) mass is 335 g/mol. The Labute approximate surface area is 128 Å². The maximum absolute atomic E-state index is 12.8. The molecule has 0 aromatic heterocycles. The molecule has 1 aromatic carbocycles. The molecule has 0 amide bonds. The fourth-order valence-corrected chi connectivity index (χ4v) is 4.04. The normalized spacial score (nSPS) is 23.3. The lowest BCUT2D eigenvalue weighted by Crippen LogP contribution is -2.36. The summed E-state index contributed by atoms with van der Waals surface area (Å²) in [5.41, 5.74) is -0.495. The van der Waals surface area contributed by atoms with Gasteiger partial charge in [-0.3, -0.25) is 0 Å². The molecule has 2 unspecified atom stereocenters. The topological polar surface area (TPSA) is 43.4 Å². The van der Waals surface area contributed by atoms with Crippen LogP contribution in [0.4, 0.5) is 12.9 Å². The molecule has 0 saturated heterocycles. The summed E-state index contributed by atoms with van der Waals surface area (Å²) >= 11 is 0. The third-order valence-electron chi connectivity index (χ3n) is 4.08. The van der Waals surface area contributed by atoms with Crippen LogP contribution in [0, 0.1) is 6.92 Å². The standard InChI is InChI=1S/C14H19BF3O3S/c1-10-8-12(6-7-14(10)15(16,17)18)21-11-4-3-5-13(9-11)22(2,19)20/h6-8,11,13H,3-5,9H2,1-2H3/q-1. The molecule has 1 aromatic rings. The van der Waals surface area contributed by atoms with Gasteiger partial charge in [-0.05, 0) is 38.3 Å². The molecule has 1 saturated carbocycles. The first-order valence-corrected chi connectivity index (χ1v) is 9.19. The van der Waals surface area contributed by atoms with Crippen LogP contribution in [0.25, 0.3) is 0 Å². The molecule has 0 N–H and O–H groups in total. The van der Waals surface area contributed by atoms with Gasteiger partial charge in [-0.25, -0.2) is 8.42 Å². The summed E-state index contributed by atoms with van der Waals surface area (Å²) in [6, 6.07) is 3.71. The van der Waals surface area contributed by atoms with Crippen molar-refractivity contribution in [3.05, 3.63) is 23.8 Å². The van der Waals surface area contributed by atoms with Gasteiger partial charge in [0.15, 0.2) is 0 Å². The number of halogens is 3. The Morgan fingerprint density at radius 3 is 2.45 bits per heavy atom. The minimum absolute atomic E-state index is 0.125. The SMILES string of the molecule is Cc1cc(OC2CCCC(S(C)(=O)=O)C2)ccc1[B-](F)(F)F. The highest BCUT2D eigenvalue weighted by molar-refractivity contribution is 7.91. The second-order valence-electron chi connectivity index (χ2n) is 5.95. The summed E-state index contributed by atoms with van der Waals surface area (Å²) in [7, 11) is -3.11. The van der Waals surface area contributed by atoms with E-state index in [2.05, 4.69) is 0 Å². The van der Waals surface area contributed by atoms with Gasteiger partial charge >= 0.3 is 6.98 Å². The van der Waals surface area contributed by atoms with Gasteiger partial charge in [0.05, 0.1) is 11.4 Å². The Kier molecular flexibility index (Phi) is 4.80. The second kappa shape index (κ2) is 6.14. The highest BCUT2D eigenvalue weighted by Crippen LogP contribution is 2.28. The quantitative estimate of drug-likeness (QED) is 0.795. The average Bonchev–Trinajstić information content (AvgIpc) is 2.36. The van der Waals surface area contributed by atoms with Crippen LogP contribution < -0.4 is 10.2 Å². The van der Waals surface area contributed by atoms with E-state index in [1.807, 2.05) is 0 Å². The van der Waals surface area contributed by atoms with Crippen LogP contribution in [-0.4, -0.2) is 33.0 Å². The first kappa shape index (κ1) is 17.2. The largest absolute Gasteiger partial charge is 0.509 e. The Morgan fingerprint density at radius 2 is 1.91 bits per heavy atom. The van der Waals surface area contributed by atoms with Crippen molar-refractivity contribution in [2.45, 2.75) is 44.0 Å². The molecule has 0 heterocycles. The predicted octanol–water partition coefficient (Wildman–Crippen LogP) is 2.78. The smallest absolute Gasteiger partial charge is 0.490 e. The van der Waals surface area contributed by atoms with Gasteiger partial charge in [-0.15, -0.1) is 5.46 Å². The molecule has 3 nitrogen and oxygen atoms in total. The van der Waals surface area contributed by atoms with Gasteiger partial charge in [0.2, 0.25) is 0 Å². The van der Waals surface area contributed by atoms with Crippen LogP contribution in [0.5, 0.6) is 5.75 Å². The number of sulfone groups is 1. The third kappa shape index (κ3) is 4.18. The first-order chi connectivity index (χ1) is 10.1. The molecular formula is C14H19BF3O3S-. The van der Waals surface area contributed by atoms with Crippen molar-refractivity contribution in [1.29, 1.82) is 0 Å². The molecule has 1 fully saturated rings. The molecule has 124 valence electrons. The zero-order valence-corrected chi connectivity index (χ0v) is 13.4. The van der Waals surface area contributed by atoms with Crippen molar-refractivity contribution in [3.8, 4) is 5.75 Å². The molecule has 0 bridgehead atoms. The number of hydrogen-bond acceptors (Lipinski definition) is 3. The van der Waals surface area contributed by atoms with Crippen molar-refractivity contribution >= 4 is 22.3 Å². The van der Waals surface area contributed by atoms with Gasteiger partial charge in [-0.2, -0.15) is 0 Å². The van der Waals surface area contributed by atoms with Gasteiger partial charge < -0.3 is 17.7 Å². The van der Waals surface area contributed by atoms with Crippen molar-refractivity contribution in [3.63, 3.8) is 0 Å². The molecule has 0 aliphatic heterocycles. The fourth-order valence-electron chi connectivity index (χ4n) is 2.88. The Balaban J connectivity index is 2.10. The number of benzene rings is 1. The lowest BCUT2D eigenvalue weighted by atomic mass is 9.77. The van der Waals surface area contributed by atoms with Crippen LogP contribution in [0.2, 0.25) is 0 Å². The molecule has 1 aliphatic carbocycles. The lowest BCUT2D eigenvalue weighted by molar-refractivity contribution is 0.156. The molecule has 0 radical (unpaired) electrons. The van der Waals surface area contributed by atoms with E-state index in [1.54, 1.807) is 0 Å². The van der Waals surface area contributed by atoms with Crippen LogP contribution in [0.1, 0.15) is 31.2 Å². The second-order valence-corrected chi connectivity index (χ2v) is 8.28. The summed E-state index contributed by atoms with van der Waals surface area (Å²) in [5, 5.41) is -0.426. The van der Waals surface area contributed by atoms with Gasteiger partial charge in [-0.1, -0.05) is 11.6 Å². The van der Waals surface area contributed by atoms with Gasteiger partial charge in [0, 0.05) is 12.7 Å². The number of aryl methyl sites for hydroxylation is 1. The van der Waals surface area contributed by atoms with E-state index in [0.29, 0.717) is 18.6 Å². The number of hydrogen-bond donors (Lipinski definition) is 0. The fraction of sp³-hybridized carbons (Fsp3) is 0.571. The van der Waals surface area contributed by atoms with Gasteiger partial charge in [0.1, 0.15) is 15.6 Å². The Hall–Kier alpha value is -1.18. The highest BCUT2D eigenvalue weighted by Gasteiger charge is 2.30. The maximum atomic E-state index is 12.8. The summed E-state index contributed by atoms with van der Waals surface area (Å²) < 4.78 is 67.3. The first-order valence-electron chi connectivity index (χ1n) is 7.23. The summed E-state index contributed by atoms with van der Waals surface area (Å²) in [6.45, 7) is -3.63. The van der Waals surface area contributed by atoms with Crippen LogP contribution in [-0.2, 0) is 9.84 Å². The maximum Gasteiger partial charge on any atom is 0.509 e. The van der Waals surface area contributed by atoms with E-state index < -0.39 is 27.5 Å². The van der Waals surface area contributed by atoms with E-state index in [0.717, 1.165) is 18.9 Å². The third-order valence-corrected chi connectivity index (χ3v) is 5.72. The number of ether oxygens (including phenoxy) is 1. The number of rotatable bonds is 4. The summed E-state index contributed by atoms with van der Waals surface area (Å²) in [5.74, 6) is 0.362. The van der Waals surface area contributed by atoms with Crippen molar-refractivity contribution in [2.75, 3.05) is 6.26 Å². The van der Waals surface area contributed by atoms with E-state index in [1.165, 1.54) is 25.3 Å². The molecule has 0 spiro atoms. The molecule has 2 atom stereocenters. The lowest BCUT2D eigenvalue weighted by Gasteiger charge is -2.29. The van der Waals surface area contributed by atoms with Gasteiger partial charge in [0.25, 0.3) is 0 Å². The zero-order valence-electron chi connectivity index (χ0n) is 12.6. The molecule has 8 heteroatoms. The van der Waals surface area contributed by atoms with Crippen LogP contribution in [0.3, 0.4) is 0 Å². The molecular weight excluding hydrogens is 316 g/mol. The van der Waals surface area contributed by atoms with E-state index >= 15 is 0 Å². The Bertz CT molecular complexity index is 643. The van der Waals surface area contributed by atoms with Crippen molar-refractivity contribution < 1.29 is 26.1 Å². The molecule has 1 aliphatic rings. The summed E-state index contributed by atoms with van der Waals surface area (Å²) in [4.78, 5) is 0. The molecule has 2 rings (SSSR count). The van der Waals surface area contributed by atoms with Crippen LogP contribution in [0.15, 0.2) is 18.2 Å². The minimum atomic E-state index is -5.03. The molecule has 22 heavy (non-hydrogen) atoms. The summed E-state index contributed by atoms with van der Waals surface area (Å²) in [6.07, 6.45) is 3.41. The highest BCUT2D eigenvalue weighted by atomic mass is 32.2.